The van der Waals surface area contributed by atoms with Gasteiger partial charge in [0.2, 0.25) is 0 Å². The number of fused-ring (bicyclic) bond motifs is 1. The maximum Gasteiger partial charge on any atom is 0.469 e. The molecule has 1 fully saturated rings. The number of aliphatic carboxylic acids is 1. The highest BCUT2D eigenvalue weighted by Crippen LogP contribution is 2.38. The van der Waals surface area contributed by atoms with Crippen molar-refractivity contribution in [1.82, 2.24) is 19.5 Å². The van der Waals surface area contributed by atoms with Gasteiger partial charge in [-0.3, -0.25) is 13.9 Å². The standard InChI is InChI=1S/C15H23N6O9PS/c16-7(15(24)25)1-2-32-6-20-12-9-13(18-4-17-12)21(5-19-9)14-11(23)10(22)8(30-14)3-29-31(26,27)28/h4-5,7-8,10-11,14,22-23H,1-3,6,16H2,(H,24,25)(H,17,18,20)(H2,26,27,28)/t7-,8+,10+,11+,14+/m0/s1. The number of aliphatic hydroxyl groups excluding tert-OH is 2. The molecule has 5 atom stereocenters. The SMILES string of the molecule is N[C@@H](CCSCNc1ncnc2c1ncn2[C@@H]1O[C@H](COP(=O)(O)O)[C@@H](O)[C@H]1O)C(=O)O. The first kappa shape index (κ1) is 24.8. The van der Waals surface area contributed by atoms with Crippen LogP contribution < -0.4 is 11.1 Å². The Hall–Kier alpha value is -1.88. The van der Waals surface area contributed by atoms with Crippen molar-refractivity contribution in [2.24, 2.45) is 5.73 Å². The monoisotopic (exact) mass is 494 g/mol. The van der Waals surface area contributed by atoms with Crippen LogP contribution in [0.15, 0.2) is 12.7 Å². The van der Waals surface area contributed by atoms with Crippen LogP contribution >= 0.6 is 19.6 Å². The maximum absolute atomic E-state index is 10.9. The molecule has 17 heteroatoms. The van der Waals surface area contributed by atoms with E-state index in [4.69, 9.17) is 25.4 Å². The van der Waals surface area contributed by atoms with Crippen LogP contribution in [0.1, 0.15) is 12.6 Å². The van der Waals surface area contributed by atoms with Gasteiger partial charge < -0.3 is 40.9 Å². The molecule has 0 unspecified atom stereocenters. The molecule has 0 aliphatic carbocycles. The van der Waals surface area contributed by atoms with Gasteiger partial charge in [-0.1, -0.05) is 0 Å². The minimum atomic E-state index is -4.78. The number of nitrogens with one attached hydrogen (secondary N) is 1. The summed E-state index contributed by atoms with van der Waals surface area (Å²) in [7, 11) is -4.78. The number of hydrogen-bond donors (Lipinski definition) is 7. The van der Waals surface area contributed by atoms with Gasteiger partial charge >= 0.3 is 13.8 Å². The lowest BCUT2D eigenvalue weighted by Gasteiger charge is -2.16. The fourth-order valence-electron chi connectivity index (χ4n) is 2.96. The van der Waals surface area contributed by atoms with E-state index in [9.17, 15) is 19.6 Å². The van der Waals surface area contributed by atoms with Crippen molar-refractivity contribution in [3.63, 3.8) is 0 Å². The molecule has 0 radical (unpaired) electrons. The largest absolute Gasteiger partial charge is 0.480 e. The van der Waals surface area contributed by atoms with Gasteiger partial charge in [-0.05, 0) is 12.2 Å². The number of anilines is 1. The molecule has 3 rings (SSSR count). The normalized spacial score (nSPS) is 24.7. The molecule has 1 aliphatic rings. The second-order valence-corrected chi connectivity index (χ2v) is 9.19. The summed E-state index contributed by atoms with van der Waals surface area (Å²) in [5.41, 5.74) is 6.10. The first-order valence-corrected chi connectivity index (χ1v) is 12.0. The zero-order valence-corrected chi connectivity index (χ0v) is 18.2. The molecule has 0 amide bonds. The Bertz CT molecular complexity index is 989. The van der Waals surface area contributed by atoms with Crippen LogP contribution in [0.2, 0.25) is 0 Å². The molecule has 2 aromatic heterocycles. The zero-order chi connectivity index (χ0) is 23.5. The molecule has 0 spiro atoms. The first-order valence-electron chi connectivity index (χ1n) is 9.27. The summed E-state index contributed by atoms with van der Waals surface area (Å²) in [5.74, 6) is 0.243. The summed E-state index contributed by atoms with van der Waals surface area (Å²) in [6.07, 6.45) is -2.31. The Morgan fingerprint density at radius 3 is 2.78 bits per heavy atom. The average molecular weight is 494 g/mol. The fourth-order valence-corrected chi connectivity index (χ4v) is 4.10. The number of phosphoric acid groups is 1. The highest BCUT2D eigenvalue weighted by molar-refractivity contribution is 7.99. The van der Waals surface area contributed by atoms with Gasteiger partial charge in [0.05, 0.1) is 18.8 Å². The number of carboxylic acid groups (broad SMARTS) is 1. The zero-order valence-electron chi connectivity index (χ0n) is 16.5. The first-order chi connectivity index (χ1) is 15.1. The van der Waals surface area contributed by atoms with Crippen LogP contribution in [0.5, 0.6) is 0 Å². The molecule has 1 aliphatic heterocycles. The van der Waals surface area contributed by atoms with E-state index in [1.165, 1.54) is 29.0 Å². The number of nitrogens with zero attached hydrogens (tertiary/aromatic N) is 4. The molecule has 3 heterocycles. The molecule has 0 aromatic carbocycles. The summed E-state index contributed by atoms with van der Waals surface area (Å²) in [6, 6.07) is -0.923. The van der Waals surface area contributed by atoms with Gasteiger partial charge in [0, 0.05) is 0 Å². The quantitative estimate of drug-likeness (QED) is 0.106. The lowest BCUT2D eigenvalue weighted by atomic mass is 10.1. The van der Waals surface area contributed by atoms with Crippen molar-refractivity contribution < 1.29 is 43.7 Å². The Kier molecular flexibility index (Phi) is 8.02. The van der Waals surface area contributed by atoms with Gasteiger partial charge in [0.15, 0.2) is 23.2 Å². The number of hydrogen-bond acceptors (Lipinski definition) is 12. The summed E-state index contributed by atoms with van der Waals surface area (Å²) in [4.78, 5) is 40.9. The highest BCUT2D eigenvalue weighted by atomic mass is 32.2. The summed E-state index contributed by atoms with van der Waals surface area (Å²) in [5, 5.41) is 32.3. The second-order valence-electron chi connectivity index (χ2n) is 6.84. The third-order valence-corrected chi connectivity index (χ3v) is 5.97. The van der Waals surface area contributed by atoms with E-state index in [0.29, 0.717) is 29.4 Å². The van der Waals surface area contributed by atoms with Crippen LogP contribution in [0, 0.1) is 0 Å². The molecule has 32 heavy (non-hydrogen) atoms. The topological polar surface area (TPSA) is 235 Å². The fraction of sp³-hybridized carbons (Fsp3) is 0.600. The summed E-state index contributed by atoms with van der Waals surface area (Å²) >= 11 is 1.42. The number of rotatable bonds is 11. The average Bonchev–Trinajstić information content (AvgIpc) is 3.27. The van der Waals surface area contributed by atoms with E-state index in [1.807, 2.05) is 0 Å². The predicted octanol–water partition coefficient (Wildman–Crippen LogP) is -1.54. The molecular formula is C15H23N6O9PS. The van der Waals surface area contributed by atoms with Gasteiger partial charge in [-0.2, -0.15) is 0 Å². The molecule has 0 bridgehead atoms. The Balaban J connectivity index is 1.65. The maximum atomic E-state index is 10.9. The minimum absolute atomic E-state index is 0.285. The smallest absolute Gasteiger partial charge is 0.469 e. The highest BCUT2D eigenvalue weighted by Gasteiger charge is 2.45. The summed E-state index contributed by atoms with van der Waals surface area (Å²) < 4.78 is 22.2. The lowest BCUT2D eigenvalue weighted by molar-refractivity contribution is -0.138. The van der Waals surface area contributed by atoms with E-state index >= 15 is 0 Å². The van der Waals surface area contributed by atoms with E-state index in [0.717, 1.165) is 0 Å². The minimum Gasteiger partial charge on any atom is -0.480 e. The Labute approximate surface area is 185 Å². The van der Waals surface area contributed by atoms with Crippen molar-refractivity contribution in [1.29, 1.82) is 0 Å². The molecule has 15 nitrogen and oxygen atoms in total. The van der Waals surface area contributed by atoms with Crippen LogP contribution in [0.25, 0.3) is 11.2 Å². The number of nitrogens with two attached hydrogens (primary N) is 1. The van der Waals surface area contributed by atoms with Crippen molar-refractivity contribution in [3.05, 3.63) is 12.7 Å². The van der Waals surface area contributed by atoms with Crippen molar-refractivity contribution in [3.8, 4) is 0 Å². The molecule has 178 valence electrons. The Morgan fingerprint density at radius 1 is 1.34 bits per heavy atom. The Morgan fingerprint density at radius 2 is 2.09 bits per heavy atom. The van der Waals surface area contributed by atoms with Crippen LogP contribution in [-0.2, 0) is 18.6 Å². The third-order valence-electron chi connectivity index (χ3n) is 4.61. The number of ether oxygens (including phenoxy) is 1. The summed E-state index contributed by atoms with van der Waals surface area (Å²) in [6.45, 7) is -0.629. The molecule has 1 saturated heterocycles. The molecule has 8 N–H and O–H groups in total. The predicted molar refractivity (Wildman–Crippen MR) is 110 cm³/mol. The third kappa shape index (κ3) is 5.92. The van der Waals surface area contributed by atoms with Crippen molar-refractivity contribution >= 4 is 42.5 Å². The van der Waals surface area contributed by atoms with E-state index < -0.39 is 51.0 Å². The number of carboxylic acids is 1. The van der Waals surface area contributed by atoms with E-state index in [1.54, 1.807) is 0 Å². The number of carbonyl (C=O) groups is 1. The van der Waals surface area contributed by atoms with Crippen molar-refractivity contribution in [2.75, 3.05) is 23.6 Å². The van der Waals surface area contributed by atoms with Gasteiger partial charge in [-0.25, -0.2) is 19.5 Å². The number of thioether (sulfide) groups is 1. The van der Waals surface area contributed by atoms with Gasteiger partial charge in [-0.15, -0.1) is 11.8 Å². The van der Waals surface area contributed by atoms with E-state index in [2.05, 4.69) is 24.8 Å². The van der Waals surface area contributed by atoms with Gasteiger partial charge in [0.1, 0.15) is 30.7 Å². The van der Waals surface area contributed by atoms with E-state index in [-0.39, 0.29) is 5.65 Å². The van der Waals surface area contributed by atoms with Gasteiger partial charge in [0.25, 0.3) is 0 Å². The lowest BCUT2D eigenvalue weighted by Crippen LogP contribution is -2.33. The number of phosphoric ester groups is 1. The van der Waals surface area contributed by atoms with Crippen LogP contribution in [0.4, 0.5) is 5.82 Å². The number of imidazole rings is 1. The molecule has 2 aromatic rings. The van der Waals surface area contributed by atoms with Crippen LogP contribution in [0.3, 0.4) is 0 Å². The van der Waals surface area contributed by atoms with Crippen LogP contribution in [-0.4, -0.2) is 93.2 Å². The van der Waals surface area contributed by atoms with Crippen molar-refractivity contribution in [2.45, 2.75) is 37.0 Å². The molecular weight excluding hydrogens is 471 g/mol. The number of aliphatic hydroxyl groups is 2. The second kappa shape index (κ2) is 10.4. The molecule has 0 saturated carbocycles. The number of aromatic nitrogens is 4.